The minimum atomic E-state index is -0.497. The van der Waals surface area contributed by atoms with Crippen molar-refractivity contribution in [1.82, 2.24) is 10.2 Å². The summed E-state index contributed by atoms with van der Waals surface area (Å²) in [6.45, 7) is 8.53. The predicted octanol–water partition coefficient (Wildman–Crippen LogP) is 4.11. The van der Waals surface area contributed by atoms with Crippen LogP contribution in [0.3, 0.4) is 0 Å². The minimum absolute atomic E-state index is 0.103. The molecule has 0 unspecified atom stereocenters. The van der Waals surface area contributed by atoms with Crippen LogP contribution in [0.2, 0.25) is 0 Å². The van der Waals surface area contributed by atoms with Gasteiger partial charge >= 0.3 is 6.09 Å². The van der Waals surface area contributed by atoms with Gasteiger partial charge in [0.05, 0.1) is 18.5 Å². The van der Waals surface area contributed by atoms with Crippen molar-refractivity contribution >= 4 is 11.8 Å². The summed E-state index contributed by atoms with van der Waals surface area (Å²) in [5.41, 5.74) is 4.59. The Balaban J connectivity index is 2.40. The van der Waals surface area contributed by atoms with Crippen LogP contribution in [0.1, 0.15) is 39.0 Å². The number of rotatable bonds is 3. The molecule has 0 bridgehead atoms. The molecule has 0 radical (unpaired) electrons. The van der Waals surface area contributed by atoms with Gasteiger partial charge < -0.3 is 4.74 Å². The summed E-state index contributed by atoms with van der Waals surface area (Å²) in [7, 11) is 1.35. The molecule has 0 spiro atoms. The second-order valence-electron chi connectivity index (χ2n) is 6.22. The van der Waals surface area contributed by atoms with E-state index in [1.165, 1.54) is 12.7 Å². The number of aromatic nitrogens is 2. The quantitative estimate of drug-likeness (QED) is 0.896. The number of amides is 1. The van der Waals surface area contributed by atoms with Gasteiger partial charge in [-0.15, -0.1) is 0 Å². The molecule has 22 heavy (non-hydrogen) atoms. The maximum absolute atomic E-state index is 11.5. The molecule has 5 heteroatoms. The summed E-state index contributed by atoms with van der Waals surface area (Å²) in [6.07, 6.45) is 0.246. The maximum Gasteiger partial charge on any atom is 0.411 e. The van der Waals surface area contributed by atoms with E-state index in [2.05, 4.69) is 53.2 Å². The highest BCUT2D eigenvalue weighted by Crippen LogP contribution is 2.31. The van der Waals surface area contributed by atoms with Crippen molar-refractivity contribution < 1.29 is 9.53 Å². The van der Waals surface area contributed by atoms with Crippen molar-refractivity contribution in [2.45, 2.75) is 39.5 Å². The fraction of sp³-hybridized carbons (Fsp3) is 0.412. The van der Waals surface area contributed by atoms with E-state index in [4.69, 9.17) is 0 Å². The number of nitrogens with zero attached hydrogens (tertiary/aromatic N) is 1. The first kappa shape index (κ1) is 16.1. The van der Waals surface area contributed by atoms with Crippen LogP contribution in [0, 0.1) is 0 Å². The first-order chi connectivity index (χ1) is 10.4. The van der Waals surface area contributed by atoms with Crippen LogP contribution in [0.15, 0.2) is 24.3 Å². The molecule has 1 heterocycles. The highest BCUT2D eigenvalue weighted by atomic mass is 16.5. The van der Waals surface area contributed by atoms with E-state index in [1.807, 2.05) is 19.1 Å². The average molecular weight is 301 g/mol. The fourth-order valence-electron chi connectivity index (χ4n) is 2.26. The molecular formula is C17H23N3O2. The summed E-state index contributed by atoms with van der Waals surface area (Å²) in [5, 5.41) is 10.1. The number of methoxy groups -OCH3 is 1. The lowest BCUT2D eigenvalue weighted by Crippen LogP contribution is -2.12. The zero-order valence-electron chi connectivity index (χ0n) is 13.8. The number of H-pyrrole nitrogens is 1. The van der Waals surface area contributed by atoms with Gasteiger partial charge in [0, 0.05) is 5.56 Å². The highest BCUT2D eigenvalue weighted by molar-refractivity contribution is 5.91. The number of carbonyl (C=O) groups excluding carboxylic acids is 1. The minimum Gasteiger partial charge on any atom is -0.453 e. The molecule has 2 N–H and O–H groups in total. The molecule has 0 saturated carbocycles. The number of carbonyl (C=O) groups is 1. The largest absolute Gasteiger partial charge is 0.453 e. The Morgan fingerprint density at radius 2 is 1.91 bits per heavy atom. The van der Waals surface area contributed by atoms with E-state index in [0.717, 1.165) is 23.4 Å². The van der Waals surface area contributed by atoms with Crippen molar-refractivity contribution in [3.8, 4) is 11.3 Å². The Kier molecular flexibility index (Phi) is 4.54. The standard InChI is InChI=1S/C17H23N3O2/c1-6-13-15(18-16(21)22-5)14(20-19-13)11-7-9-12(10-8-11)17(2,3)4/h7-10H,6H2,1-5H3,(H,18,21)(H,19,20). The summed E-state index contributed by atoms with van der Waals surface area (Å²) < 4.78 is 4.69. The number of benzene rings is 1. The number of hydrogen-bond donors (Lipinski definition) is 2. The van der Waals surface area contributed by atoms with Crippen molar-refractivity contribution in [2.24, 2.45) is 0 Å². The van der Waals surface area contributed by atoms with Crippen LogP contribution >= 0.6 is 0 Å². The first-order valence-corrected chi connectivity index (χ1v) is 7.40. The average Bonchev–Trinajstić information content (AvgIpc) is 2.89. The van der Waals surface area contributed by atoms with Crippen LogP contribution in [-0.4, -0.2) is 23.4 Å². The lowest BCUT2D eigenvalue weighted by atomic mass is 9.86. The third-order valence-corrected chi connectivity index (χ3v) is 3.63. The molecule has 0 fully saturated rings. The monoisotopic (exact) mass is 301 g/mol. The predicted molar refractivity (Wildman–Crippen MR) is 88.1 cm³/mol. The summed E-state index contributed by atoms with van der Waals surface area (Å²) in [6, 6.07) is 8.24. The van der Waals surface area contributed by atoms with Crippen molar-refractivity contribution in [2.75, 3.05) is 12.4 Å². The molecule has 1 amide bonds. The molecule has 0 aliphatic heterocycles. The summed E-state index contributed by atoms with van der Waals surface area (Å²) in [5.74, 6) is 0. The Hall–Kier alpha value is -2.30. The smallest absolute Gasteiger partial charge is 0.411 e. The zero-order chi connectivity index (χ0) is 16.3. The lowest BCUT2D eigenvalue weighted by Gasteiger charge is -2.19. The second-order valence-corrected chi connectivity index (χ2v) is 6.22. The number of anilines is 1. The van der Waals surface area contributed by atoms with Gasteiger partial charge in [0.2, 0.25) is 0 Å². The van der Waals surface area contributed by atoms with Gasteiger partial charge in [-0.25, -0.2) is 4.79 Å². The molecule has 0 atom stereocenters. The van der Waals surface area contributed by atoms with Crippen LogP contribution in [-0.2, 0) is 16.6 Å². The third kappa shape index (κ3) is 3.30. The van der Waals surface area contributed by atoms with Crippen molar-refractivity contribution in [1.29, 1.82) is 0 Å². The van der Waals surface area contributed by atoms with Gasteiger partial charge in [-0.05, 0) is 17.4 Å². The van der Waals surface area contributed by atoms with E-state index in [0.29, 0.717) is 5.69 Å². The molecule has 1 aromatic carbocycles. The van der Waals surface area contributed by atoms with Crippen LogP contribution < -0.4 is 5.32 Å². The topological polar surface area (TPSA) is 67.0 Å². The van der Waals surface area contributed by atoms with Gasteiger partial charge in [0.15, 0.2) is 0 Å². The van der Waals surface area contributed by atoms with Gasteiger partial charge in [-0.1, -0.05) is 52.0 Å². The maximum atomic E-state index is 11.5. The van der Waals surface area contributed by atoms with E-state index >= 15 is 0 Å². The normalized spacial score (nSPS) is 11.3. The Labute approximate surface area is 131 Å². The number of nitrogens with one attached hydrogen (secondary N) is 2. The number of aromatic amines is 1. The second kappa shape index (κ2) is 6.22. The van der Waals surface area contributed by atoms with Crippen molar-refractivity contribution in [3.05, 3.63) is 35.5 Å². The van der Waals surface area contributed by atoms with Crippen LogP contribution in [0.5, 0.6) is 0 Å². The van der Waals surface area contributed by atoms with E-state index in [1.54, 1.807) is 0 Å². The molecular weight excluding hydrogens is 278 g/mol. The highest BCUT2D eigenvalue weighted by Gasteiger charge is 2.18. The molecule has 0 saturated heterocycles. The first-order valence-electron chi connectivity index (χ1n) is 7.40. The Morgan fingerprint density at radius 1 is 1.27 bits per heavy atom. The third-order valence-electron chi connectivity index (χ3n) is 3.63. The molecule has 118 valence electrons. The molecule has 5 nitrogen and oxygen atoms in total. The molecule has 2 aromatic rings. The van der Waals surface area contributed by atoms with Crippen molar-refractivity contribution in [3.63, 3.8) is 0 Å². The number of hydrogen-bond acceptors (Lipinski definition) is 3. The summed E-state index contributed by atoms with van der Waals surface area (Å²) >= 11 is 0. The lowest BCUT2D eigenvalue weighted by molar-refractivity contribution is 0.187. The van der Waals surface area contributed by atoms with Crippen LogP contribution in [0.4, 0.5) is 10.5 Å². The Bertz CT molecular complexity index is 652. The van der Waals surface area contributed by atoms with E-state index in [-0.39, 0.29) is 5.41 Å². The van der Waals surface area contributed by atoms with Gasteiger partial charge in [-0.2, -0.15) is 5.10 Å². The van der Waals surface area contributed by atoms with E-state index in [9.17, 15) is 4.79 Å². The number of aryl methyl sites for hydroxylation is 1. The van der Waals surface area contributed by atoms with Gasteiger partial charge in [0.25, 0.3) is 0 Å². The molecule has 1 aromatic heterocycles. The van der Waals surface area contributed by atoms with Gasteiger partial charge in [0.1, 0.15) is 5.69 Å². The van der Waals surface area contributed by atoms with Gasteiger partial charge in [-0.3, -0.25) is 10.4 Å². The fourth-order valence-corrected chi connectivity index (χ4v) is 2.26. The summed E-state index contributed by atoms with van der Waals surface area (Å²) in [4.78, 5) is 11.5. The molecule has 0 aliphatic rings. The van der Waals surface area contributed by atoms with E-state index < -0.39 is 6.09 Å². The zero-order valence-corrected chi connectivity index (χ0v) is 13.8. The molecule has 2 rings (SSSR count). The SMILES string of the molecule is CCc1[nH]nc(-c2ccc(C(C)(C)C)cc2)c1NC(=O)OC. The van der Waals surface area contributed by atoms with Crippen LogP contribution in [0.25, 0.3) is 11.3 Å². The molecule has 0 aliphatic carbocycles. The number of ether oxygens (including phenoxy) is 1. The Morgan fingerprint density at radius 3 is 2.41 bits per heavy atom.